The summed E-state index contributed by atoms with van der Waals surface area (Å²) in [5.41, 5.74) is 0.930. The minimum absolute atomic E-state index is 0. The standard InChI is InChI=1S/C20H18F3N5O2.ClH/c21-20(22,23)18-9-16(5-6-25-18)28-12-14(10-26-28)19(29)27-15-3-1-13(2-4-15)17-11-24-7-8-30-17;/h1-6,9-10,12,17,24H,7-8,11H2,(H,27,29);1H/t17-;/m1./s1. The van der Waals surface area contributed by atoms with Crippen molar-refractivity contribution in [2.24, 2.45) is 0 Å². The van der Waals surface area contributed by atoms with Gasteiger partial charge >= 0.3 is 6.18 Å². The number of halogens is 4. The zero-order valence-corrected chi connectivity index (χ0v) is 16.9. The minimum atomic E-state index is -4.56. The third-order valence-corrected chi connectivity index (χ3v) is 4.61. The first-order chi connectivity index (χ1) is 14.4. The summed E-state index contributed by atoms with van der Waals surface area (Å²) in [6.45, 7) is 2.21. The first kappa shape index (κ1) is 22.7. The number of hydrogen-bond donors (Lipinski definition) is 2. The highest BCUT2D eigenvalue weighted by molar-refractivity contribution is 6.04. The van der Waals surface area contributed by atoms with Gasteiger partial charge in [0.05, 0.1) is 30.2 Å². The lowest BCUT2D eigenvalue weighted by atomic mass is 10.1. The van der Waals surface area contributed by atoms with Gasteiger partial charge in [0.15, 0.2) is 0 Å². The molecule has 1 atom stereocenters. The number of nitrogens with zero attached hydrogens (tertiary/aromatic N) is 3. The summed E-state index contributed by atoms with van der Waals surface area (Å²) in [5, 5.41) is 9.99. The van der Waals surface area contributed by atoms with Crippen LogP contribution in [0.15, 0.2) is 55.0 Å². The average molecular weight is 454 g/mol. The normalized spacial score (nSPS) is 16.4. The molecule has 3 aromatic rings. The summed E-state index contributed by atoms with van der Waals surface area (Å²) < 4.78 is 45.4. The molecule has 164 valence electrons. The number of benzene rings is 1. The molecular weight excluding hydrogens is 435 g/mol. The predicted octanol–water partition coefficient (Wildman–Crippen LogP) is 3.62. The van der Waals surface area contributed by atoms with Crippen LogP contribution in [-0.4, -0.2) is 40.4 Å². The van der Waals surface area contributed by atoms with Crippen LogP contribution >= 0.6 is 12.4 Å². The van der Waals surface area contributed by atoms with Crippen LogP contribution in [0.3, 0.4) is 0 Å². The second-order valence-electron chi connectivity index (χ2n) is 6.71. The molecule has 0 unspecified atom stereocenters. The van der Waals surface area contributed by atoms with E-state index in [2.05, 4.69) is 20.7 Å². The number of hydrogen-bond acceptors (Lipinski definition) is 5. The lowest BCUT2D eigenvalue weighted by Gasteiger charge is -2.24. The molecule has 1 saturated heterocycles. The number of morpholine rings is 1. The van der Waals surface area contributed by atoms with Gasteiger partial charge in [0.1, 0.15) is 5.69 Å². The molecule has 3 heterocycles. The zero-order chi connectivity index (χ0) is 21.1. The Bertz CT molecular complexity index is 1030. The van der Waals surface area contributed by atoms with Crippen LogP contribution < -0.4 is 10.6 Å². The van der Waals surface area contributed by atoms with Crippen LogP contribution in [0.25, 0.3) is 5.69 Å². The van der Waals surface area contributed by atoms with Crippen LogP contribution in [0.2, 0.25) is 0 Å². The molecule has 0 spiro atoms. The highest BCUT2D eigenvalue weighted by atomic mass is 35.5. The molecule has 0 bridgehead atoms. The number of anilines is 1. The summed E-state index contributed by atoms with van der Waals surface area (Å²) >= 11 is 0. The summed E-state index contributed by atoms with van der Waals surface area (Å²) in [4.78, 5) is 15.8. The Balaban J connectivity index is 0.00000272. The Morgan fingerprint density at radius 1 is 1.23 bits per heavy atom. The highest BCUT2D eigenvalue weighted by Crippen LogP contribution is 2.28. The lowest BCUT2D eigenvalue weighted by Crippen LogP contribution is -2.33. The Morgan fingerprint density at radius 2 is 2.00 bits per heavy atom. The molecule has 1 amide bonds. The summed E-state index contributed by atoms with van der Waals surface area (Å²) in [5.74, 6) is -0.422. The number of rotatable bonds is 4. The molecule has 31 heavy (non-hydrogen) atoms. The van der Waals surface area contributed by atoms with Gasteiger partial charge in [-0.05, 0) is 29.8 Å². The fourth-order valence-electron chi connectivity index (χ4n) is 3.06. The number of alkyl halides is 3. The molecule has 0 aliphatic carbocycles. The molecule has 11 heteroatoms. The van der Waals surface area contributed by atoms with E-state index in [1.54, 1.807) is 12.1 Å². The van der Waals surface area contributed by atoms with Gasteiger partial charge in [0.25, 0.3) is 5.91 Å². The van der Waals surface area contributed by atoms with Crippen LogP contribution in [0.1, 0.15) is 27.7 Å². The van der Waals surface area contributed by atoms with Gasteiger partial charge in [-0.15, -0.1) is 12.4 Å². The zero-order valence-electron chi connectivity index (χ0n) is 16.1. The van der Waals surface area contributed by atoms with Crippen molar-refractivity contribution in [3.8, 4) is 5.69 Å². The second-order valence-corrected chi connectivity index (χ2v) is 6.71. The number of ether oxygens (including phenoxy) is 1. The van der Waals surface area contributed by atoms with Crippen molar-refractivity contribution in [3.05, 3.63) is 71.8 Å². The third kappa shape index (κ3) is 5.40. The Kier molecular flexibility index (Phi) is 6.94. The maximum absolute atomic E-state index is 12.8. The molecule has 1 aromatic carbocycles. The Hall–Kier alpha value is -2.95. The Labute approximate surface area is 182 Å². The number of carbonyl (C=O) groups is 1. The largest absolute Gasteiger partial charge is 0.433 e. The summed E-state index contributed by atoms with van der Waals surface area (Å²) in [6.07, 6.45) is -0.885. The molecule has 7 nitrogen and oxygen atoms in total. The van der Waals surface area contributed by atoms with Crippen molar-refractivity contribution in [1.82, 2.24) is 20.1 Å². The summed E-state index contributed by atoms with van der Waals surface area (Å²) in [7, 11) is 0. The van der Waals surface area contributed by atoms with Gasteiger partial charge in [-0.1, -0.05) is 12.1 Å². The van der Waals surface area contributed by atoms with Crippen LogP contribution in [0, 0.1) is 0 Å². The molecule has 2 N–H and O–H groups in total. The van der Waals surface area contributed by atoms with E-state index in [-0.39, 0.29) is 29.8 Å². The van der Waals surface area contributed by atoms with Crippen molar-refractivity contribution in [2.75, 3.05) is 25.0 Å². The van der Waals surface area contributed by atoms with Crippen molar-refractivity contribution in [1.29, 1.82) is 0 Å². The minimum Gasteiger partial charge on any atom is -0.371 e. The van der Waals surface area contributed by atoms with E-state index in [4.69, 9.17) is 4.74 Å². The number of carbonyl (C=O) groups excluding carboxylic acids is 1. The molecule has 1 aliphatic heterocycles. The van der Waals surface area contributed by atoms with E-state index < -0.39 is 17.8 Å². The van der Waals surface area contributed by atoms with Gasteiger partial charge in [0, 0.05) is 31.2 Å². The number of pyridine rings is 1. The van der Waals surface area contributed by atoms with E-state index in [1.807, 2.05) is 12.1 Å². The molecular formula is C20H19ClF3N5O2. The van der Waals surface area contributed by atoms with Crippen molar-refractivity contribution in [2.45, 2.75) is 12.3 Å². The maximum atomic E-state index is 12.8. The number of nitrogens with one attached hydrogen (secondary N) is 2. The van der Waals surface area contributed by atoms with Crippen molar-refractivity contribution in [3.63, 3.8) is 0 Å². The number of amides is 1. The topological polar surface area (TPSA) is 81.1 Å². The van der Waals surface area contributed by atoms with E-state index in [9.17, 15) is 18.0 Å². The fraction of sp³-hybridized carbons (Fsp3) is 0.250. The van der Waals surface area contributed by atoms with Gasteiger partial charge < -0.3 is 15.4 Å². The quantitative estimate of drug-likeness (QED) is 0.630. The molecule has 1 fully saturated rings. The van der Waals surface area contributed by atoms with Crippen LogP contribution in [0.5, 0.6) is 0 Å². The maximum Gasteiger partial charge on any atom is 0.433 e. The highest BCUT2D eigenvalue weighted by Gasteiger charge is 2.32. The van der Waals surface area contributed by atoms with Crippen LogP contribution in [0.4, 0.5) is 18.9 Å². The predicted molar refractivity (Wildman–Crippen MR) is 110 cm³/mol. The van der Waals surface area contributed by atoms with Gasteiger partial charge in [-0.25, -0.2) is 4.68 Å². The van der Waals surface area contributed by atoms with Crippen LogP contribution in [-0.2, 0) is 10.9 Å². The van der Waals surface area contributed by atoms with Gasteiger partial charge in [-0.3, -0.25) is 9.78 Å². The molecule has 2 aromatic heterocycles. The smallest absolute Gasteiger partial charge is 0.371 e. The summed E-state index contributed by atoms with van der Waals surface area (Å²) in [6, 6.07) is 9.56. The van der Waals surface area contributed by atoms with E-state index >= 15 is 0 Å². The SMILES string of the molecule is Cl.O=C(Nc1ccc([C@H]2CNCCO2)cc1)c1cnn(-c2ccnc(C(F)(F)F)c2)c1. The molecule has 4 rings (SSSR count). The van der Waals surface area contributed by atoms with E-state index in [0.29, 0.717) is 12.3 Å². The molecule has 1 aliphatic rings. The molecule has 0 saturated carbocycles. The second kappa shape index (κ2) is 9.46. The van der Waals surface area contributed by atoms with E-state index in [1.165, 1.54) is 23.1 Å². The van der Waals surface area contributed by atoms with Gasteiger partial charge in [0.2, 0.25) is 0 Å². The third-order valence-electron chi connectivity index (χ3n) is 4.61. The average Bonchev–Trinajstić information content (AvgIpc) is 3.25. The van der Waals surface area contributed by atoms with Crippen molar-refractivity contribution < 1.29 is 22.7 Å². The van der Waals surface area contributed by atoms with E-state index in [0.717, 1.165) is 30.9 Å². The van der Waals surface area contributed by atoms with Gasteiger partial charge in [-0.2, -0.15) is 18.3 Å². The Morgan fingerprint density at radius 3 is 2.68 bits per heavy atom. The monoisotopic (exact) mass is 453 g/mol. The first-order valence-electron chi connectivity index (χ1n) is 9.22. The fourth-order valence-corrected chi connectivity index (χ4v) is 3.06. The van der Waals surface area contributed by atoms with Crippen molar-refractivity contribution >= 4 is 24.0 Å². The molecule has 0 radical (unpaired) electrons. The first-order valence-corrected chi connectivity index (χ1v) is 9.22. The lowest BCUT2D eigenvalue weighted by molar-refractivity contribution is -0.141. The number of aromatic nitrogens is 3.